The van der Waals surface area contributed by atoms with Crippen LogP contribution in [-0.4, -0.2) is 36.0 Å². The van der Waals surface area contributed by atoms with E-state index in [-0.39, 0.29) is 18.0 Å². The number of likely N-dealkylation sites (tertiary alicyclic amines) is 1. The number of furan rings is 1. The second-order valence-electron chi connectivity index (χ2n) is 6.60. The van der Waals surface area contributed by atoms with E-state index in [1.54, 1.807) is 17.0 Å². The first-order chi connectivity index (χ1) is 12.4. The third-order valence-corrected chi connectivity index (χ3v) is 4.74. The molecule has 0 spiro atoms. The summed E-state index contributed by atoms with van der Waals surface area (Å²) in [4.78, 5) is 26.5. The van der Waals surface area contributed by atoms with Crippen molar-refractivity contribution in [1.29, 1.82) is 0 Å². The monoisotopic (exact) mass is 375 g/mol. The van der Waals surface area contributed by atoms with Gasteiger partial charge in [0.25, 0.3) is 5.91 Å². The summed E-state index contributed by atoms with van der Waals surface area (Å²) in [6.07, 6.45) is 3.12. The second kappa shape index (κ2) is 7.83. The highest BCUT2D eigenvalue weighted by Crippen LogP contribution is 2.27. The highest BCUT2D eigenvalue weighted by Gasteiger charge is 2.27. The third-order valence-electron chi connectivity index (χ3n) is 4.45. The number of aryl methyl sites for hydroxylation is 2. The third kappa shape index (κ3) is 4.19. The van der Waals surface area contributed by atoms with Gasteiger partial charge in [0, 0.05) is 19.1 Å². The zero-order valence-corrected chi connectivity index (χ0v) is 15.6. The predicted octanol–water partition coefficient (Wildman–Crippen LogP) is 3.98. The summed E-state index contributed by atoms with van der Waals surface area (Å²) in [7, 11) is 0. The van der Waals surface area contributed by atoms with Crippen molar-refractivity contribution < 1.29 is 14.0 Å². The van der Waals surface area contributed by atoms with E-state index in [9.17, 15) is 9.59 Å². The topological polar surface area (TPSA) is 74.6 Å². The predicted molar refractivity (Wildman–Crippen MR) is 101 cm³/mol. The minimum atomic E-state index is -0.323. The Morgan fingerprint density at radius 2 is 2.12 bits per heavy atom. The van der Waals surface area contributed by atoms with E-state index >= 15 is 0 Å². The van der Waals surface area contributed by atoms with Crippen molar-refractivity contribution in [3.63, 3.8) is 0 Å². The number of nitrogens with zero attached hydrogens (tertiary/aromatic N) is 1. The van der Waals surface area contributed by atoms with Gasteiger partial charge in [-0.2, -0.15) is 0 Å². The second-order valence-corrected chi connectivity index (χ2v) is 7.01. The summed E-state index contributed by atoms with van der Waals surface area (Å²) >= 11 is 6.24. The van der Waals surface area contributed by atoms with Gasteiger partial charge in [0.1, 0.15) is 0 Å². The van der Waals surface area contributed by atoms with Gasteiger partial charge in [-0.15, -0.1) is 0 Å². The number of urea groups is 1. The molecule has 1 saturated heterocycles. The first-order valence-corrected chi connectivity index (χ1v) is 8.99. The van der Waals surface area contributed by atoms with Crippen LogP contribution in [0.25, 0.3) is 0 Å². The van der Waals surface area contributed by atoms with Gasteiger partial charge in [-0.25, -0.2) is 4.79 Å². The van der Waals surface area contributed by atoms with Gasteiger partial charge < -0.3 is 20.0 Å². The summed E-state index contributed by atoms with van der Waals surface area (Å²) in [5, 5.41) is 6.26. The Morgan fingerprint density at radius 1 is 1.31 bits per heavy atom. The minimum absolute atomic E-state index is 0.118. The Morgan fingerprint density at radius 3 is 2.81 bits per heavy atom. The van der Waals surface area contributed by atoms with Gasteiger partial charge in [-0.3, -0.25) is 4.79 Å². The molecule has 3 amide bonds. The molecule has 2 aromatic rings. The molecule has 0 saturated carbocycles. The van der Waals surface area contributed by atoms with Crippen molar-refractivity contribution in [2.75, 3.05) is 18.4 Å². The minimum Gasteiger partial charge on any atom is -0.459 e. The zero-order valence-electron chi connectivity index (χ0n) is 14.8. The van der Waals surface area contributed by atoms with Crippen LogP contribution in [0.4, 0.5) is 10.5 Å². The first kappa shape index (κ1) is 18.3. The molecule has 1 unspecified atom stereocenters. The number of hydrogen-bond acceptors (Lipinski definition) is 3. The standard InChI is InChI=1S/C19H22ClN3O3/c1-12-9-13(2)17(15(20)10-12)22-19(25)21-14-5-3-7-23(11-14)18(24)16-6-4-8-26-16/h4,6,8-10,14H,3,5,7,11H2,1-2H3,(H2,21,22,25). The van der Waals surface area contributed by atoms with Crippen LogP contribution < -0.4 is 10.6 Å². The SMILES string of the molecule is Cc1cc(C)c(NC(=O)NC2CCCN(C(=O)c3ccco3)C2)c(Cl)c1. The fourth-order valence-corrected chi connectivity index (χ4v) is 3.61. The number of anilines is 1. The average Bonchev–Trinajstić information content (AvgIpc) is 3.12. The maximum atomic E-state index is 12.4. The van der Waals surface area contributed by atoms with Crippen LogP contribution in [0.15, 0.2) is 34.9 Å². The molecule has 2 N–H and O–H groups in total. The van der Waals surface area contributed by atoms with Gasteiger partial charge in [0.2, 0.25) is 0 Å². The fraction of sp³-hybridized carbons (Fsp3) is 0.368. The maximum Gasteiger partial charge on any atom is 0.319 e. The highest BCUT2D eigenvalue weighted by molar-refractivity contribution is 6.34. The van der Waals surface area contributed by atoms with E-state index in [4.69, 9.17) is 16.0 Å². The fourth-order valence-electron chi connectivity index (χ4n) is 3.24. The Kier molecular flexibility index (Phi) is 5.52. The largest absolute Gasteiger partial charge is 0.459 e. The number of benzene rings is 1. The van der Waals surface area contributed by atoms with Crippen LogP contribution in [-0.2, 0) is 0 Å². The molecule has 0 bridgehead atoms. The van der Waals surface area contributed by atoms with Gasteiger partial charge >= 0.3 is 6.03 Å². The molecular formula is C19H22ClN3O3. The number of hydrogen-bond donors (Lipinski definition) is 2. The Labute approximate surface area is 157 Å². The number of carbonyl (C=O) groups is 2. The van der Waals surface area contributed by atoms with Gasteiger partial charge in [-0.1, -0.05) is 17.7 Å². The lowest BCUT2D eigenvalue weighted by molar-refractivity contribution is 0.0666. The van der Waals surface area contributed by atoms with Gasteiger partial charge in [0.15, 0.2) is 5.76 Å². The lowest BCUT2D eigenvalue weighted by Gasteiger charge is -2.32. The average molecular weight is 376 g/mol. The van der Waals surface area contributed by atoms with E-state index < -0.39 is 0 Å². The molecule has 0 radical (unpaired) electrons. The molecule has 6 nitrogen and oxygen atoms in total. The van der Waals surface area contributed by atoms with E-state index in [0.717, 1.165) is 24.0 Å². The molecule has 1 fully saturated rings. The van der Waals surface area contributed by atoms with Crippen LogP contribution in [0.5, 0.6) is 0 Å². The van der Waals surface area contributed by atoms with Crippen molar-refractivity contribution in [3.8, 4) is 0 Å². The van der Waals surface area contributed by atoms with E-state index in [0.29, 0.717) is 29.6 Å². The van der Waals surface area contributed by atoms with E-state index in [1.807, 2.05) is 26.0 Å². The number of carbonyl (C=O) groups excluding carboxylic acids is 2. The zero-order chi connectivity index (χ0) is 18.7. The van der Waals surface area contributed by atoms with Gasteiger partial charge in [-0.05, 0) is 56.0 Å². The summed E-state index contributed by atoms with van der Waals surface area (Å²) in [6.45, 7) is 4.96. The first-order valence-electron chi connectivity index (χ1n) is 8.61. The molecule has 2 heterocycles. The molecule has 1 aliphatic rings. The molecule has 1 aliphatic heterocycles. The Bertz CT molecular complexity index is 781. The summed E-state index contributed by atoms with van der Waals surface area (Å²) in [6, 6.07) is 6.67. The maximum absolute atomic E-state index is 12.4. The van der Waals surface area contributed by atoms with Crippen molar-refractivity contribution in [2.24, 2.45) is 0 Å². The number of piperidine rings is 1. The number of amides is 3. The van der Waals surface area contributed by atoms with Crippen molar-refractivity contribution >= 4 is 29.2 Å². The molecule has 3 rings (SSSR count). The summed E-state index contributed by atoms with van der Waals surface area (Å²) in [5.41, 5.74) is 2.55. The van der Waals surface area contributed by atoms with E-state index in [2.05, 4.69) is 10.6 Å². The number of nitrogens with one attached hydrogen (secondary N) is 2. The molecule has 138 valence electrons. The lowest BCUT2D eigenvalue weighted by atomic mass is 10.1. The lowest BCUT2D eigenvalue weighted by Crippen LogP contribution is -2.50. The molecular weight excluding hydrogens is 354 g/mol. The van der Waals surface area contributed by atoms with E-state index in [1.165, 1.54) is 6.26 Å². The van der Waals surface area contributed by atoms with Crippen LogP contribution in [0, 0.1) is 13.8 Å². The summed E-state index contributed by atoms with van der Waals surface area (Å²) in [5.74, 6) is 0.163. The Hall–Kier alpha value is -2.47. The molecule has 7 heteroatoms. The van der Waals surface area contributed by atoms with Gasteiger partial charge in [0.05, 0.1) is 17.0 Å². The molecule has 1 atom stereocenters. The highest BCUT2D eigenvalue weighted by atomic mass is 35.5. The molecule has 26 heavy (non-hydrogen) atoms. The van der Waals surface area contributed by atoms with Crippen molar-refractivity contribution in [2.45, 2.75) is 32.7 Å². The smallest absolute Gasteiger partial charge is 0.319 e. The number of rotatable bonds is 3. The Balaban J connectivity index is 1.60. The van der Waals surface area contributed by atoms with Crippen LogP contribution in [0.1, 0.15) is 34.5 Å². The van der Waals surface area contributed by atoms with Crippen molar-refractivity contribution in [1.82, 2.24) is 10.2 Å². The molecule has 1 aromatic heterocycles. The van der Waals surface area contributed by atoms with Crippen LogP contribution >= 0.6 is 11.6 Å². The quantitative estimate of drug-likeness (QED) is 0.852. The molecule has 0 aliphatic carbocycles. The molecule has 1 aromatic carbocycles. The van der Waals surface area contributed by atoms with Crippen molar-refractivity contribution in [3.05, 3.63) is 52.4 Å². The number of halogens is 1. The summed E-state index contributed by atoms with van der Waals surface area (Å²) < 4.78 is 5.17. The van der Waals surface area contributed by atoms with Crippen LogP contribution in [0.3, 0.4) is 0 Å². The van der Waals surface area contributed by atoms with Crippen LogP contribution in [0.2, 0.25) is 5.02 Å². The normalized spacial score (nSPS) is 17.0.